The summed E-state index contributed by atoms with van der Waals surface area (Å²) in [4.78, 5) is 60.0. The molecule has 0 aliphatic carbocycles. The van der Waals surface area contributed by atoms with Crippen molar-refractivity contribution in [3.8, 4) is 0 Å². The van der Waals surface area contributed by atoms with Crippen LogP contribution in [0.15, 0.2) is 30.3 Å². The summed E-state index contributed by atoms with van der Waals surface area (Å²) in [7, 11) is 0. The number of primary amides is 1. The van der Waals surface area contributed by atoms with Crippen LogP contribution in [0.1, 0.15) is 25.3 Å². The second-order valence-corrected chi connectivity index (χ2v) is 7.55. The zero-order valence-electron chi connectivity index (χ0n) is 17.6. The Kier molecular flexibility index (Phi) is 11.2. The molecule has 1 rings (SSSR count). The molecule has 12 heteroatoms. The van der Waals surface area contributed by atoms with Gasteiger partial charge in [0.15, 0.2) is 0 Å². The highest BCUT2D eigenvalue weighted by Crippen LogP contribution is 2.06. The summed E-state index contributed by atoms with van der Waals surface area (Å²) in [5.41, 5.74) is 11.5. The fourth-order valence-electron chi connectivity index (χ4n) is 2.65. The molecule has 0 heterocycles. The third kappa shape index (κ3) is 9.35. The number of benzene rings is 1. The van der Waals surface area contributed by atoms with E-state index in [1.807, 2.05) is 0 Å². The number of nitrogens with one attached hydrogen (secondary N) is 3. The topological polar surface area (TPSA) is 194 Å². The van der Waals surface area contributed by atoms with Crippen molar-refractivity contribution in [2.75, 3.05) is 5.75 Å². The van der Waals surface area contributed by atoms with Gasteiger partial charge in [-0.3, -0.25) is 19.2 Å². The van der Waals surface area contributed by atoms with Gasteiger partial charge in [0.1, 0.15) is 18.1 Å². The zero-order chi connectivity index (χ0) is 24.3. The Morgan fingerprint density at radius 3 is 1.97 bits per heavy atom. The number of amides is 4. The first-order valence-electron chi connectivity index (χ1n) is 9.87. The molecule has 4 unspecified atom stereocenters. The van der Waals surface area contributed by atoms with Crippen molar-refractivity contribution in [3.63, 3.8) is 0 Å². The van der Waals surface area contributed by atoms with Crippen LogP contribution < -0.4 is 27.4 Å². The highest BCUT2D eigenvalue weighted by molar-refractivity contribution is 7.80. The number of hydrogen-bond donors (Lipinski definition) is 7. The molecule has 1 aromatic rings. The highest BCUT2D eigenvalue weighted by atomic mass is 32.1. The standard InChI is InChI=1S/C20H29N5O6S/c1-11(21)17(27)24-14(9-12-5-3-2-4-6-12)19(29)23-13(7-8-16(22)26)18(28)25-15(10-32)20(30)31/h2-6,11,13-15,32H,7-10,21H2,1H3,(H2,22,26)(H,23,29)(H,24,27)(H,25,28)(H,30,31). The van der Waals surface area contributed by atoms with E-state index in [4.69, 9.17) is 16.6 Å². The van der Waals surface area contributed by atoms with E-state index in [1.165, 1.54) is 6.92 Å². The molecular formula is C20H29N5O6S. The first-order chi connectivity index (χ1) is 15.0. The summed E-state index contributed by atoms with van der Waals surface area (Å²) in [6.07, 6.45) is -0.276. The maximum atomic E-state index is 13.0. The first kappa shape index (κ1) is 26.9. The highest BCUT2D eigenvalue weighted by Gasteiger charge is 2.30. The maximum absolute atomic E-state index is 13.0. The van der Waals surface area contributed by atoms with Crippen LogP contribution in [0.3, 0.4) is 0 Å². The normalized spacial score (nSPS) is 14.3. The smallest absolute Gasteiger partial charge is 0.327 e. The van der Waals surface area contributed by atoms with Crippen LogP contribution in [-0.2, 0) is 30.4 Å². The lowest BCUT2D eigenvalue weighted by Crippen LogP contribution is -2.57. The number of thiol groups is 1. The number of carbonyl (C=O) groups excluding carboxylic acids is 4. The second kappa shape index (κ2) is 13.3. The average molecular weight is 468 g/mol. The maximum Gasteiger partial charge on any atom is 0.327 e. The summed E-state index contributed by atoms with van der Waals surface area (Å²) >= 11 is 3.88. The minimum absolute atomic E-state index is 0.115. The van der Waals surface area contributed by atoms with Crippen molar-refractivity contribution in [2.24, 2.45) is 11.5 Å². The molecule has 0 spiro atoms. The van der Waals surface area contributed by atoms with E-state index in [-0.39, 0.29) is 25.0 Å². The van der Waals surface area contributed by atoms with Gasteiger partial charge in [0, 0.05) is 18.6 Å². The summed E-state index contributed by atoms with van der Waals surface area (Å²) in [5.74, 6) is -4.28. The van der Waals surface area contributed by atoms with Crippen LogP contribution in [-0.4, -0.2) is 64.6 Å². The minimum atomic E-state index is -1.31. The predicted molar refractivity (Wildman–Crippen MR) is 120 cm³/mol. The van der Waals surface area contributed by atoms with Gasteiger partial charge in [-0.25, -0.2) is 4.79 Å². The van der Waals surface area contributed by atoms with Crippen LogP contribution in [0.2, 0.25) is 0 Å². The molecule has 4 atom stereocenters. The van der Waals surface area contributed by atoms with Crippen LogP contribution >= 0.6 is 12.6 Å². The lowest BCUT2D eigenvalue weighted by Gasteiger charge is -2.24. The van der Waals surface area contributed by atoms with Gasteiger partial charge >= 0.3 is 5.97 Å². The first-order valence-corrected chi connectivity index (χ1v) is 10.5. The SMILES string of the molecule is CC(N)C(=O)NC(Cc1ccccc1)C(=O)NC(CCC(N)=O)C(=O)NC(CS)C(=O)O. The number of hydrogen-bond acceptors (Lipinski definition) is 7. The van der Waals surface area contributed by atoms with Crippen LogP contribution in [0.25, 0.3) is 0 Å². The molecule has 0 aliphatic rings. The Morgan fingerprint density at radius 2 is 1.47 bits per heavy atom. The number of carbonyl (C=O) groups is 5. The Balaban J connectivity index is 3.05. The minimum Gasteiger partial charge on any atom is -0.480 e. The zero-order valence-corrected chi connectivity index (χ0v) is 18.5. The Bertz CT molecular complexity index is 820. The van der Waals surface area contributed by atoms with E-state index < -0.39 is 53.8 Å². The van der Waals surface area contributed by atoms with Gasteiger partial charge in [-0.1, -0.05) is 30.3 Å². The molecule has 0 aliphatic heterocycles. The van der Waals surface area contributed by atoms with Crippen LogP contribution in [0.5, 0.6) is 0 Å². The summed E-state index contributed by atoms with van der Waals surface area (Å²) in [6, 6.07) is 4.36. The van der Waals surface area contributed by atoms with E-state index in [0.717, 1.165) is 5.56 Å². The molecule has 4 amide bonds. The van der Waals surface area contributed by atoms with Gasteiger partial charge in [-0.05, 0) is 18.9 Å². The molecule has 11 nitrogen and oxygen atoms in total. The number of rotatable bonds is 13. The van der Waals surface area contributed by atoms with Gasteiger partial charge in [0.25, 0.3) is 0 Å². The van der Waals surface area contributed by atoms with Crippen molar-refractivity contribution in [2.45, 2.75) is 50.4 Å². The van der Waals surface area contributed by atoms with E-state index >= 15 is 0 Å². The van der Waals surface area contributed by atoms with Gasteiger partial charge in [0.2, 0.25) is 23.6 Å². The van der Waals surface area contributed by atoms with Gasteiger partial charge in [-0.15, -0.1) is 0 Å². The Hall–Kier alpha value is -3.12. The van der Waals surface area contributed by atoms with E-state index in [1.54, 1.807) is 30.3 Å². The molecule has 1 aromatic carbocycles. The van der Waals surface area contributed by atoms with E-state index in [9.17, 15) is 24.0 Å². The lowest BCUT2D eigenvalue weighted by molar-refractivity contribution is -0.141. The Labute approximate surface area is 191 Å². The largest absolute Gasteiger partial charge is 0.480 e. The molecule has 0 saturated heterocycles. The molecule has 32 heavy (non-hydrogen) atoms. The lowest BCUT2D eigenvalue weighted by atomic mass is 10.0. The number of aliphatic carboxylic acids is 1. The number of carboxylic acid groups (broad SMARTS) is 1. The quantitative estimate of drug-likeness (QED) is 0.168. The molecule has 8 N–H and O–H groups in total. The monoisotopic (exact) mass is 467 g/mol. The van der Waals surface area contributed by atoms with Crippen molar-refractivity contribution in [1.29, 1.82) is 0 Å². The summed E-state index contributed by atoms with van der Waals surface area (Å²) in [5, 5.41) is 16.4. The summed E-state index contributed by atoms with van der Waals surface area (Å²) in [6.45, 7) is 1.46. The van der Waals surface area contributed by atoms with Gasteiger partial charge < -0.3 is 32.5 Å². The molecule has 0 fully saturated rings. The van der Waals surface area contributed by atoms with Gasteiger partial charge in [0.05, 0.1) is 6.04 Å². The van der Waals surface area contributed by atoms with Crippen molar-refractivity contribution in [1.82, 2.24) is 16.0 Å². The van der Waals surface area contributed by atoms with Gasteiger partial charge in [-0.2, -0.15) is 12.6 Å². The van der Waals surface area contributed by atoms with Crippen LogP contribution in [0.4, 0.5) is 0 Å². The third-order valence-electron chi connectivity index (χ3n) is 4.44. The van der Waals surface area contributed by atoms with E-state index in [0.29, 0.717) is 0 Å². The van der Waals surface area contributed by atoms with Crippen LogP contribution in [0, 0.1) is 0 Å². The second-order valence-electron chi connectivity index (χ2n) is 7.19. The fraction of sp³-hybridized carbons (Fsp3) is 0.450. The van der Waals surface area contributed by atoms with Crippen molar-refractivity contribution < 1.29 is 29.1 Å². The Morgan fingerprint density at radius 1 is 0.938 bits per heavy atom. The molecule has 0 saturated carbocycles. The third-order valence-corrected chi connectivity index (χ3v) is 4.80. The number of nitrogens with two attached hydrogens (primary N) is 2. The molecule has 0 aromatic heterocycles. The van der Waals surface area contributed by atoms with Crippen molar-refractivity contribution in [3.05, 3.63) is 35.9 Å². The average Bonchev–Trinajstić information content (AvgIpc) is 2.74. The fourth-order valence-corrected chi connectivity index (χ4v) is 2.90. The molecule has 0 radical (unpaired) electrons. The summed E-state index contributed by atoms with van der Waals surface area (Å²) < 4.78 is 0. The number of carboxylic acids is 1. The molecular weight excluding hydrogens is 438 g/mol. The van der Waals surface area contributed by atoms with E-state index in [2.05, 4.69) is 28.6 Å². The molecule has 176 valence electrons. The van der Waals surface area contributed by atoms with Crippen molar-refractivity contribution >= 4 is 42.2 Å². The predicted octanol–water partition coefficient (Wildman–Crippen LogP) is -1.69. The molecule has 0 bridgehead atoms.